The molecular weight excluding hydrogens is 486 g/mol. The van der Waals surface area contributed by atoms with Crippen molar-refractivity contribution < 1.29 is 9.53 Å². The fourth-order valence-corrected chi connectivity index (χ4v) is 5.68. The molecule has 0 atom stereocenters. The van der Waals surface area contributed by atoms with E-state index in [0.29, 0.717) is 31.6 Å². The molecule has 2 aliphatic rings. The van der Waals surface area contributed by atoms with E-state index in [1.165, 1.54) is 33.3 Å². The molecule has 7 heteroatoms. The number of hydrogen-bond donors (Lipinski definition) is 2. The summed E-state index contributed by atoms with van der Waals surface area (Å²) < 4.78 is 5.26. The Bertz CT molecular complexity index is 1300. The van der Waals surface area contributed by atoms with E-state index in [4.69, 9.17) is 4.74 Å². The molecule has 7 nitrogen and oxygen atoms in total. The van der Waals surface area contributed by atoms with Gasteiger partial charge in [-0.15, -0.1) is 0 Å². The van der Waals surface area contributed by atoms with Gasteiger partial charge in [-0.1, -0.05) is 26.0 Å². The minimum atomic E-state index is -0.189. The number of nitrogens with one attached hydrogen (secondary N) is 2. The van der Waals surface area contributed by atoms with Crippen LogP contribution in [0.4, 0.5) is 0 Å². The molecule has 0 bridgehead atoms. The van der Waals surface area contributed by atoms with Crippen LogP contribution in [0.2, 0.25) is 0 Å². The Hall–Kier alpha value is -3.03. The summed E-state index contributed by atoms with van der Waals surface area (Å²) in [5.74, 6) is 0.983. The second-order valence-corrected chi connectivity index (χ2v) is 11.7. The van der Waals surface area contributed by atoms with E-state index in [0.717, 1.165) is 37.2 Å². The number of allylic oxidation sites excluding steroid dienone is 4. The van der Waals surface area contributed by atoms with Crippen molar-refractivity contribution in [3.63, 3.8) is 0 Å². The van der Waals surface area contributed by atoms with Crippen molar-refractivity contribution >= 4 is 34.4 Å². The van der Waals surface area contributed by atoms with Gasteiger partial charge in [-0.25, -0.2) is 4.99 Å². The first kappa shape index (κ1) is 29.0. The summed E-state index contributed by atoms with van der Waals surface area (Å²) in [6.45, 7) is 16.4. The number of aliphatic imine (C=N–C) groups is 2. The monoisotopic (exact) mass is 531 g/mol. The van der Waals surface area contributed by atoms with Gasteiger partial charge in [0, 0.05) is 29.4 Å². The molecule has 2 N–H and O–H groups in total. The van der Waals surface area contributed by atoms with Crippen LogP contribution in [-0.4, -0.2) is 73.3 Å². The molecule has 4 rings (SSSR count). The maximum Gasteiger partial charge on any atom is 0.234 e. The van der Waals surface area contributed by atoms with Crippen molar-refractivity contribution in [1.29, 1.82) is 0 Å². The van der Waals surface area contributed by atoms with Gasteiger partial charge in [0.25, 0.3) is 0 Å². The number of ether oxygens (including phenoxy) is 1. The number of aromatic nitrogens is 1. The van der Waals surface area contributed by atoms with Crippen molar-refractivity contribution in [3.8, 4) is 0 Å². The predicted molar refractivity (Wildman–Crippen MR) is 163 cm³/mol. The molecule has 1 amide bonds. The Balaban J connectivity index is 1.51. The van der Waals surface area contributed by atoms with Gasteiger partial charge >= 0.3 is 0 Å². The molecule has 1 aromatic heterocycles. The highest BCUT2D eigenvalue weighted by Gasteiger charge is 2.35. The van der Waals surface area contributed by atoms with Crippen LogP contribution in [0.3, 0.4) is 0 Å². The van der Waals surface area contributed by atoms with Gasteiger partial charge in [-0.05, 0) is 106 Å². The smallest absolute Gasteiger partial charge is 0.234 e. The topological polar surface area (TPSA) is 82.1 Å². The summed E-state index contributed by atoms with van der Waals surface area (Å²) in [7, 11) is 1.73. The number of likely N-dealkylation sites (tertiary alicyclic amines) is 1. The molecule has 0 saturated carbocycles. The summed E-state index contributed by atoms with van der Waals surface area (Å²) in [6, 6.07) is 6.94. The molecule has 2 saturated heterocycles. The minimum Gasteiger partial charge on any atom is -0.376 e. The molecular formula is C32H45N5O2. The number of carbonyl (C=O) groups is 1. The summed E-state index contributed by atoms with van der Waals surface area (Å²) in [6.07, 6.45) is 8.11. The van der Waals surface area contributed by atoms with Crippen molar-refractivity contribution in [1.82, 2.24) is 15.2 Å². The zero-order valence-electron chi connectivity index (χ0n) is 24.7. The Morgan fingerprint density at radius 2 is 1.97 bits per heavy atom. The highest BCUT2D eigenvalue weighted by atomic mass is 16.5. The van der Waals surface area contributed by atoms with Gasteiger partial charge in [0.05, 0.1) is 25.3 Å². The molecule has 0 unspecified atom stereocenters. The number of nitrogens with zero attached hydrogens (tertiary/aromatic N) is 3. The number of hydrogen-bond acceptors (Lipinski definition) is 4. The third kappa shape index (κ3) is 6.76. The van der Waals surface area contributed by atoms with Crippen molar-refractivity contribution in [3.05, 3.63) is 52.7 Å². The maximum absolute atomic E-state index is 12.5. The number of amides is 1. The van der Waals surface area contributed by atoms with Crippen molar-refractivity contribution in [2.75, 3.05) is 39.9 Å². The van der Waals surface area contributed by atoms with Crippen molar-refractivity contribution in [2.24, 2.45) is 9.98 Å². The van der Waals surface area contributed by atoms with Crippen LogP contribution in [0.15, 0.2) is 45.9 Å². The summed E-state index contributed by atoms with van der Waals surface area (Å²) in [4.78, 5) is 26.9. The molecule has 0 spiro atoms. The van der Waals surface area contributed by atoms with Crippen LogP contribution in [0.1, 0.15) is 83.0 Å². The number of fused-ring (bicyclic) bond motifs is 1. The molecule has 1 aromatic carbocycles. The Labute approximate surface area is 233 Å². The van der Waals surface area contributed by atoms with Gasteiger partial charge in [0.15, 0.2) is 0 Å². The lowest BCUT2D eigenvalue weighted by Crippen LogP contribution is -2.61. The number of aromatic amines is 1. The first-order valence-electron chi connectivity index (χ1n) is 14.2. The zero-order valence-corrected chi connectivity index (χ0v) is 24.7. The Kier molecular flexibility index (Phi) is 9.23. The highest BCUT2D eigenvalue weighted by molar-refractivity contribution is 6.04. The predicted octanol–water partition coefficient (Wildman–Crippen LogP) is 5.84. The molecule has 0 radical (unpaired) electrons. The summed E-state index contributed by atoms with van der Waals surface area (Å²) >= 11 is 0. The van der Waals surface area contributed by atoms with Gasteiger partial charge in [0.2, 0.25) is 5.91 Å². The first-order chi connectivity index (χ1) is 18.6. The third-order valence-electron chi connectivity index (χ3n) is 8.06. The lowest BCUT2D eigenvalue weighted by molar-refractivity contribution is -0.132. The summed E-state index contributed by atoms with van der Waals surface area (Å²) in [5, 5.41) is 4.44. The minimum absolute atomic E-state index is 0.103. The quantitative estimate of drug-likeness (QED) is 0.242. The second-order valence-electron chi connectivity index (χ2n) is 11.7. The average Bonchev–Trinajstić information content (AvgIpc) is 3.28. The third-order valence-corrected chi connectivity index (χ3v) is 8.06. The van der Waals surface area contributed by atoms with Gasteiger partial charge < -0.3 is 15.0 Å². The van der Waals surface area contributed by atoms with Gasteiger partial charge in [-0.2, -0.15) is 0 Å². The number of piperidine rings is 1. The first-order valence-corrected chi connectivity index (χ1v) is 14.2. The summed E-state index contributed by atoms with van der Waals surface area (Å²) in [5.41, 5.74) is 8.17. The number of H-pyrrole nitrogens is 1. The number of benzene rings is 1. The van der Waals surface area contributed by atoms with Crippen LogP contribution in [0.5, 0.6) is 0 Å². The van der Waals surface area contributed by atoms with Crippen molar-refractivity contribution in [2.45, 2.75) is 71.8 Å². The number of rotatable bonds is 9. The Morgan fingerprint density at radius 1 is 1.26 bits per heavy atom. The SMILES string of the molecule is C/C=C(\C=C(\C)C(C)=NC=NC)c1[nH]c2ccc(C3CCN(CC(=O)NC4(C)COC4)CC3)cc2c1C(C)C. The van der Waals surface area contributed by atoms with Crippen LogP contribution >= 0.6 is 0 Å². The molecule has 39 heavy (non-hydrogen) atoms. The molecule has 210 valence electrons. The van der Waals surface area contributed by atoms with E-state index in [1.54, 1.807) is 13.4 Å². The fraction of sp³-hybridized carbons (Fsp3) is 0.531. The molecule has 2 aromatic rings. The van der Waals surface area contributed by atoms with Crippen LogP contribution in [0, 0.1) is 0 Å². The number of carbonyl (C=O) groups excluding carboxylic acids is 1. The fourth-order valence-electron chi connectivity index (χ4n) is 5.68. The van der Waals surface area contributed by atoms with Gasteiger partial charge in [-0.3, -0.25) is 14.7 Å². The lowest BCUT2D eigenvalue weighted by Gasteiger charge is -2.39. The molecule has 2 aliphatic heterocycles. The normalized spacial score (nSPS) is 19.7. The van der Waals surface area contributed by atoms with E-state index < -0.39 is 0 Å². The van der Waals surface area contributed by atoms with E-state index >= 15 is 0 Å². The van der Waals surface area contributed by atoms with E-state index in [-0.39, 0.29) is 11.4 Å². The molecule has 3 heterocycles. The Morgan fingerprint density at radius 3 is 2.56 bits per heavy atom. The largest absolute Gasteiger partial charge is 0.376 e. The maximum atomic E-state index is 12.5. The van der Waals surface area contributed by atoms with Crippen LogP contribution in [-0.2, 0) is 9.53 Å². The van der Waals surface area contributed by atoms with E-state index in [1.807, 2.05) is 13.8 Å². The van der Waals surface area contributed by atoms with Crippen LogP contribution < -0.4 is 5.32 Å². The second kappa shape index (κ2) is 12.4. The molecule has 0 aliphatic carbocycles. The van der Waals surface area contributed by atoms with Gasteiger partial charge in [0.1, 0.15) is 6.34 Å². The molecule has 2 fully saturated rings. The zero-order chi connectivity index (χ0) is 28.2. The lowest BCUT2D eigenvalue weighted by atomic mass is 9.87. The van der Waals surface area contributed by atoms with Crippen LogP contribution in [0.25, 0.3) is 16.5 Å². The highest BCUT2D eigenvalue weighted by Crippen LogP contribution is 2.37. The van der Waals surface area contributed by atoms with E-state index in [2.05, 4.69) is 83.2 Å². The van der Waals surface area contributed by atoms with E-state index in [9.17, 15) is 4.79 Å². The average molecular weight is 532 g/mol. The standard InChI is InChI=1S/C32H45N5O2/c1-8-24(15-22(4)23(5)34-20-33-7)31-30(21(2)3)27-16-26(9-10-28(27)35-31)25-11-13-37(14-12-25)17-29(38)36-32(6)18-39-19-32/h8-10,15-16,20-21,25,35H,11-14,17-19H2,1-7H3,(H,36,38)/b22-15-,24-8+,33-20?,34-23?.